The van der Waals surface area contributed by atoms with Crippen LogP contribution >= 0.6 is 11.3 Å². The smallest absolute Gasteiger partial charge is 0.126 e. The average molecular weight is 579 g/mol. The number of hydrogen-bond acceptors (Lipinski definition) is 3. The van der Waals surface area contributed by atoms with Gasteiger partial charge in [-0.3, -0.25) is 4.99 Å². The minimum atomic E-state index is 0.0941. The number of fused-ring (bicyclic) bond motifs is 1. The molecule has 0 aliphatic rings. The molecule has 0 radical (unpaired) electrons. The quantitative estimate of drug-likeness (QED) is 0.187. The molecule has 1 heterocycles. The summed E-state index contributed by atoms with van der Waals surface area (Å²) < 4.78 is 1.17. The monoisotopic (exact) mass is 578 g/mol. The van der Waals surface area contributed by atoms with Crippen molar-refractivity contribution in [3.05, 3.63) is 132 Å². The first-order valence-corrected chi connectivity index (χ1v) is 15.7. The summed E-state index contributed by atoms with van der Waals surface area (Å²) in [5.41, 5.74) is 11.7. The summed E-state index contributed by atoms with van der Waals surface area (Å²) in [5.74, 6) is 0. The zero-order chi connectivity index (χ0) is 30.2. The van der Waals surface area contributed by atoms with Crippen LogP contribution in [0.1, 0.15) is 58.2 Å². The van der Waals surface area contributed by atoms with Gasteiger partial charge in [0, 0.05) is 17.3 Å². The Kier molecular flexibility index (Phi) is 7.62. The first-order chi connectivity index (χ1) is 20.6. The maximum absolute atomic E-state index is 5.21. The van der Waals surface area contributed by atoms with Crippen LogP contribution < -0.4 is 0 Å². The molecular weight excluding hydrogens is 541 g/mol. The lowest BCUT2D eigenvalue weighted by Gasteiger charge is -2.19. The van der Waals surface area contributed by atoms with Crippen LogP contribution in [0.2, 0.25) is 0 Å². The molecule has 0 saturated heterocycles. The molecule has 0 unspecified atom stereocenters. The van der Waals surface area contributed by atoms with Gasteiger partial charge in [-0.05, 0) is 74.5 Å². The highest BCUT2D eigenvalue weighted by Crippen LogP contribution is 2.40. The lowest BCUT2D eigenvalue weighted by Crippen LogP contribution is -2.11. The number of aromatic nitrogens is 1. The molecule has 0 N–H and O–H groups in total. The molecule has 1 aromatic heterocycles. The van der Waals surface area contributed by atoms with E-state index in [2.05, 4.69) is 151 Å². The van der Waals surface area contributed by atoms with Gasteiger partial charge >= 0.3 is 0 Å². The van der Waals surface area contributed by atoms with Gasteiger partial charge in [0.1, 0.15) is 5.01 Å². The fourth-order valence-electron chi connectivity index (χ4n) is 5.32. The van der Waals surface area contributed by atoms with E-state index in [1.54, 1.807) is 11.3 Å². The van der Waals surface area contributed by atoms with Crippen LogP contribution in [0.4, 0.5) is 5.69 Å². The summed E-state index contributed by atoms with van der Waals surface area (Å²) in [6.07, 6.45) is 1.96. The Balaban J connectivity index is 1.35. The molecule has 0 saturated carbocycles. The molecule has 3 heteroatoms. The molecule has 0 fully saturated rings. The summed E-state index contributed by atoms with van der Waals surface area (Å²) >= 11 is 1.72. The minimum absolute atomic E-state index is 0.0941. The van der Waals surface area contributed by atoms with Crippen molar-refractivity contribution in [1.29, 1.82) is 0 Å². The van der Waals surface area contributed by atoms with Crippen molar-refractivity contribution in [2.24, 2.45) is 4.99 Å². The maximum Gasteiger partial charge on any atom is 0.126 e. The van der Waals surface area contributed by atoms with Crippen LogP contribution in [-0.4, -0.2) is 11.2 Å². The molecule has 0 amide bonds. The first kappa shape index (κ1) is 28.8. The third-order valence-corrected chi connectivity index (χ3v) is 8.97. The van der Waals surface area contributed by atoms with E-state index < -0.39 is 0 Å². The van der Waals surface area contributed by atoms with Crippen LogP contribution in [0.15, 0.2) is 120 Å². The molecule has 0 spiro atoms. The van der Waals surface area contributed by atoms with Crippen molar-refractivity contribution in [2.45, 2.75) is 52.4 Å². The highest BCUT2D eigenvalue weighted by atomic mass is 32.1. The molecular formula is C40H38N2S. The summed E-state index contributed by atoms with van der Waals surface area (Å²) in [7, 11) is 0. The molecule has 5 aromatic carbocycles. The van der Waals surface area contributed by atoms with Crippen LogP contribution in [0.3, 0.4) is 0 Å². The maximum atomic E-state index is 5.21. The summed E-state index contributed by atoms with van der Waals surface area (Å²) in [5, 5.41) is 0.979. The number of nitrogens with zero attached hydrogens (tertiary/aromatic N) is 2. The van der Waals surface area contributed by atoms with E-state index in [-0.39, 0.29) is 10.8 Å². The Morgan fingerprint density at radius 2 is 1.26 bits per heavy atom. The van der Waals surface area contributed by atoms with Gasteiger partial charge in [0.2, 0.25) is 0 Å². The zero-order valence-corrected chi connectivity index (χ0v) is 26.7. The molecule has 214 valence electrons. The zero-order valence-electron chi connectivity index (χ0n) is 25.8. The van der Waals surface area contributed by atoms with E-state index in [4.69, 9.17) is 9.98 Å². The van der Waals surface area contributed by atoms with Gasteiger partial charge < -0.3 is 0 Å². The van der Waals surface area contributed by atoms with Crippen LogP contribution in [-0.2, 0) is 10.8 Å². The predicted molar refractivity (Wildman–Crippen MR) is 187 cm³/mol. The summed E-state index contributed by atoms with van der Waals surface area (Å²) in [6.45, 7) is 13.5. The fraction of sp³-hybridized carbons (Fsp3) is 0.200. The molecule has 2 nitrogen and oxygen atoms in total. The van der Waals surface area contributed by atoms with E-state index in [1.807, 2.05) is 12.3 Å². The van der Waals surface area contributed by atoms with Gasteiger partial charge in [0.25, 0.3) is 0 Å². The second-order valence-electron chi connectivity index (χ2n) is 13.2. The van der Waals surface area contributed by atoms with E-state index in [0.717, 1.165) is 32.9 Å². The lowest BCUT2D eigenvalue weighted by molar-refractivity contribution is 0.590. The van der Waals surface area contributed by atoms with Crippen LogP contribution in [0.5, 0.6) is 0 Å². The topological polar surface area (TPSA) is 25.2 Å². The minimum Gasteiger partial charge on any atom is -0.256 e. The highest BCUT2D eigenvalue weighted by Gasteiger charge is 2.16. The van der Waals surface area contributed by atoms with Gasteiger partial charge in [-0.2, -0.15) is 0 Å². The highest BCUT2D eigenvalue weighted by molar-refractivity contribution is 7.21. The number of thiazole rings is 1. The molecule has 6 aromatic rings. The van der Waals surface area contributed by atoms with Gasteiger partial charge in [-0.1, -0.05) is 126 Å². The second-order valence-corrected chi connectivity index (χ2v) is 14.3. The number of benzene rings is 5. The fourth-order valence-corrected chi connectivity index (χ4v) is 6.35. The normalized spacial score (nSPS) is 12.3. The lowest BCUT2D eigenvalue weighted by atomic mass is 9.86. The van der Waals surface area contributed by atoms with Gasteiger partial charge in [0.15, 0.2) is 0 Å². The number of para-hydroxylation sites is 2. The number of rotatable bonds is 5. The van der Waals surface area contributed by atoms with Crippen molar-refractivity contribution >= 4 is 33.5 Å². The van der Waals surface area contributed by atoms with E-state index in [1.165, 1.54) is 32.5 Å². The van der Waals surface area contributed by atoms with Gasteiger partial charge in [-0.15, -0.1) is 11.3 Å². The van der Waals surface area contributed by atoms with Crippen molar-refractivity contribution < 1.29 is 0 Å². The van der Waals surface area contributed by atoms with E-state index in [0.29, 0.717) is 0 Å². The number of hydrogen-bond donors (Lipinski definition) is 0. The van der Waals surface area contributed by atoms with Crippen LogP contribution in [0, 0.1) is 0 Å². The van der Waals surface area contributed by atoms with E-state index >= 15 is 0 Å². The molecule has 6 rings (SSSR count). The standard InChI is InChI=1S/C40H38N2S/c1-39(2,3)31-22-20-28(21-23-31)29-13-10-14-30(25-29)33-17-11-19-36-37(33)42-38(43-36)34-16-7-8-18-35(34)41-26-27-12-9-15-32(24-27)40(4,5)6/h7-26H,1-6H3. The largest absolute Gasteiger partial charge is 0.256 e. The SMILES string of the molecule is CC(C)(C)c1ccc(-c2cccc(-c3cccc4sc(-c5ccccc5N=Cc5cccc(C(C)(C)C)c5)nc34)c2)cc1. The van der Waals surface area contributed by atoms with Crippen molar-refractivity contribution in [1.82, 2.24) is 4.98 Å². The molecule has 0 bridgehead atoms. The summed E-state index contributed by atoms with van der Waals surface area (Å²) in [6, 6.07) is 41.2. The van der Waals surface area contributed by atoms with Crippen molar-refractivity contribution in [2.75, 3.05) is 0 Å². The Morgan fingerprint density at radius 3 is 2.02 bits per heavy atom. The Morgan fingerprint density at radius 1 is 0.581 bits per heavy atom. The molecule has 0 atom stereocenters. The third-order valence-electron chi connectivity index (χ3n) is 7.92. The van der Waals surface area contributed by atoms with E-state index in [9.17, 15) is 0 Å². The first-order valence-electron chi connectivity index (χ1n) is 14.9. The third kappa shape index (κ3) is 6.23. The molecule has 0 aliphatic heterocycles. The Labute approximate surface area is 259 Å². The Hall–Kier alpha value is -4.34. The summed E-state index contributed by atoms with van der Waals surface area (Å²) in [4.78, 5) is 10.1. The molecule has 0 aliphatic carbocycles. The Bertz CT molecular complexity index is 1930. The van der Waals surface area contributed by atoms with Gasteiger partial charge in [0.05, 0.1) is 15.9 Å². The molecule has 43 heavy (non-hydrogen) atoms. The van der Waals surface area contributed by atoms with Crippen molar-refractivity contribution in [3.63, 3.8) is 0 Å². The van der Waals surface area contributed by atoms with Crippen molar-refractivity contribution in [3.8, 4) is 32.8 Å². The van der Waals surface area contributed by atoms with Gasteiger partial charge in [-0.25, -0.2) is 4.98 Å². The van der Waals surface area contributed by atoms with Crippen LogP contribution in [0.25, 0.3) is 43.0 Å². The second kappa shape index (κ2) is 11.4. The number of aliphatic imine (C=N–C) groups is 1. The average Bonchev–Trinajstić information content (AvgIpc) is 3.44. The predicted octanol–water partition coefficient (Wildman–Crippen LogP) is 11.6.